The van der Waals surface area contributed by atoms with Crippen molar-refractivity contribution in [1.82, 2.24) is 8.96 Å². The number of aromatic nitrogens is 2. The lowest BCUT2D eigenvalue weighted by Gasteiger charge is -2.06. The minimum atomic E-state index is -3.69. The molecule has 2 aromatic heterocycles. The SMILES string of the molecule is Cc1ccc(S(=O)(=O)n2ccc(NC(=O)c3ccccn3)c2)cc1. The van der Waals surface area contributed by atoms with E-state index in [-0.39, 0.29) is 10.6 Å². The van der Waals surface area contributed by atoms with Crippen LogP contribution in [0.1, 0.15) is 16.1 Å². The highest BCUT2D eigenvalue weighted by Gasteiger charge is 2.17. The molecule has 24 heavy (non-hydrogen) atoms. The number of hydrogen-bond donors (Lipinski definition) is 1. The van der Waals surface area contributed by atoms with Gasteiger partial charge in [-0.2, -0.15) is 0 Å². The summed E-state index contributed by atoms with van der Waals surface area (Å²) in [6.45, 7) is 1.89. The molecular formula is C17H15N3O3S. The van der Waals surface area contributed by atoms with Crippen LogP contribution in [-0.2, 0) is 10.0 Å². The van der Waals surface area contributed by atoms with Crippen molar-refractivity contribution in [2.45, 2.75) is 11.8 Å². The van der Waals surface area contributed by atoms with Gasteiger partial charge in [-0.1, -0.05) is 23.8 Å². The van der Waals surface area contributed by atoms with E-state index in [4.69, 9.17) is 0 Å². The van der Waals surface area contributed by atoms with Gasteiger partial charge in [-0.25, -0.2) is 12.4 Å². The second kappa shape index (κ2) is 6.29. The molecule has 3 rings (SSSR count). The van der Waals surface area contributed by atoms with Crippen molar-refractivity contribution in [2.75, 3.05) is 5.32 Å². The summed E-state index contributed by atoms with van der Waals surface area (Å²) < 4.78 is 26.2. The van der Waals surface area contributed by atoms with E-state index in [1.54, 1.807) is 42.5 Å². The number of benzene rings is 1. The zero-order chi connectivity index (χ0) is 17.2. The Bertz CT molecular complexity index is 962. The Labute approximate surface area is 139 Å². The summed E-state index contributed by atoms with van der Waals surface area (Å²) in [7, 11) is -3.69. The van der Waals surface area contributed by atoms with Crippen molar-refractivity contribution < 1.29 is 13.2 Å². The first-order valence-corrected chi connectivity index (χ1v) is 8.63. The molecule has 0 aliphatic heterocycles. The Hall–Kier alpha value is -2.93. The fourth-order valence-electron chi connectivity index (χ4n) is 2.12. The van der Waals surface area contributed by atoms with Gasteiger partial charge in [0.25, 0.3) is 15.9 Å². The van der Waals surface area contributed by atoms with Gasteiger partial charge in [-0.15, -0.1) is 0 Å². The molecule has 0 bridgehead atoms. The molecule has 1 aromatic carbocycles. The minimum Gasteiger partial charge on any atom is -0.319 e. The van der Waals surface area contributed by atoms with Crippen LogP contribution in [0.3, 0.4) is 0 Å². The zero-order valence-corrected chi connectivity index (χ0v) is 13.7. The van der Waals surface area contributed by atoms with E-state index in [9.17, 15) is 13.2 Å². The monoisotopic (exact) mass is 341 g/mol. The summed E-state index contributed by atoms with van der Waals surface area (Å²) in [6, 6.07) is 13.1. The van der Waals surface area contributed by atoms with Crippen molar-refractivity contribution in [3.8, 4) is 0 Å². The number of carbonyl (C=O) groups is 1. The van der Waals surface area contributed by atoms with Crippen LogP contribution >= 0.6 is 0 Å². The number of anilines is 1. The molecule has 0 unspecified atom stereocenters. The van der Waals surface area contributed by atoms with Crippen molar-refractivity contribution in [3.05, 3.63) is 78.4 Å². The molecule has 0 atom stereocenters. The summed E-state index contributed by atoms with van der Waals surface area (Å²) in [5.74, 6) is -0.402. The second-order valence-electron chi connectivity index (χ2n) is 5.22. The standard InChI is InChI=1S/C17H15N3O3S/c1-13-5-7-15(8-6-13)24(22,23)20-11-9-14(12-20)19-17(21)16-4-2-3-10-18-16/h2-12H,1H3,(H,19,21). The number of carbonyl (C=O) groups excluding carboxylic acids is 1. The minimum absolute atomic E-state index is 0.186. The van der Waals surface area contributed by atoms with Crippen LogP contribution in [-0.4, -0.2) is 23.3 Å². The van der Waals surface area contributed by atoms with E-state index < -0.39 is 15.9 Å². The molecule has 1 N–H and O–H groups in total. The molecule has 6 nitrogen and oxygen atoms in total. The van der Waals surface area contributed by atoms with E-state index in [0.717, 1.165) is 9.54 Å². The maximum absolute atomic E-state index is 12.6. The Morgan fingerprint density at radius 3 is 2.50 bits per heavy atom. The smallest absolute Gasteiger partial charge is 0.274 e. The molecule has 0 fully saturated rings. The van der Waals surface area contributed by atoms with Crippen LogP contribution in [0.4, 0.5) is 5.69 Å². The maximum Gasteiger partial charge on any atom is 0.274 e. The van der Waals surface area contributed by atoms with Crippen molar-refractivity contribution in [1.29, 1.82) is 0 Å². The van der Waals surface area contributed by atoms with Gasteiger partial charge < -0.3 is 5.32 Å². The van der Waals surface area contributed by atoms with E-state index in [1.807, 2.05) is 6.92 Å². The van der Waals surface area contributed by atoms with Crippen LogP contribution in [0, 0.1) is 6.92 Å². The lowest BCUT2D eigenvalue weighted by molar-refractivity contribution is 0.102. The van der Waals surface area contributed by atoms with E-state index in [0.29, 0.717) is 5.69 Å². The maximum atomic E-state index is 12.6. The molecule has 0 saturated heterocycles. The molecule has 7 heteroatoms. The molecule has 1 amide bonds. The van der Waals surface area contributed by atoms with E-state index >= 15 is 0 Å². The molecule has 2 heterocycles. The molecule has 0 aliphatic rings. The van der Waals surface area contributed by atoms with Gasteiger partial charge in [0, 0.05) is 18.6 Å². The van der Waals surface area contributed by atoms with Gasteiger partial charge in [0.2, 0.25) is 0 Å². The van der Waals surface area contributed by atoms with Gasteiger partial charge in [-0.3, -0.25) is 9.78 Å². The highest BCUT2D eigenvalue weighted by molar-refractivity contribution is 7.90. The van der Waals surface area contributed by atoms with Crippen molar-refractivity contribution in [2.24, 2.45) is 0 Å². The quantitative estimate of drug-likeness (QED) is 0.791. The van der Waals surface area contributed by atoms with Crippen LogP contribution < -0.4 is 5.32 Å². The third kappa shape index (κ3) is 3.21. The molecule has 0 spiro atoms. The van der Waals surface area contributed by atoms with Crippen LogP contribution in [0.5, 0.6) is 0 Å². The van der Waals surface area contributed by atoms with E-state index in [2.05, 4.69) is 10.3 Å². The van der Waals surface area contributed by atoms with Crippen molar-refractivity contribution >= 4 is 21.6 Å². The number of aryl methyl sites for hydroxylation is 1. The van der Waals surface area contributed by atoms with Gasteiger partial charge in [0.15, 0.2) is 0 Å². The predicted molar refractivity (Wildman–Crippen MR) is 90.4 cm³/mol. The van der Waals surface area contributed by atoms with Gasteiger partial charge in [0.05, 0.1) is 10.6 Å². The van der Waals surface area contributed by atoms with Gasteiger partial charge in [-0.05, 0) is 37.3 Å². The summed E-state index contributed by atoms with van der Waals surface area (Å²) >= 11 is 0. The highest BCUT2D eigenvalue weighted by Crippen LogP contribution is 2.18. The third-order valence-corrected chi connectivity index (χ3v) is 5.07. The van der Waals surface area contributed by atoms with Gasteiger partial charge in [0.1, 0.15) is 5.69 Å². The van der Waals surface area contributed by atoms with Gasteiger partial charge >= 0.3 is 0 Å². The largest absolute Gasteiger partial charge is 0.319 e. The molecule has 0 saturated carbocycles. The Kier molecular flexibility index (Phi) is 4.18. The Balaban J connectivity index is 1.83. The van der Waals surface area contributed by atoms with Crippen molar-refractivity contribution in [3.63, 3.8) is 0 Å². The Morgan fingerprint density at radius 2 is 1.83 bits per heavy atom. The lowest BCUT2D eigenvalue weighted by Crippen LogP contribution is -2.14. The lowest BCUT2D eigenvalue weighted by atomic mass is 10.2. The Morgan fingerprint density at radius 1 is 1.08 bits per heavy atom. The number of nitrogens with zero attached hydrogens (tertiary/aromatic N) is 2. The zero-order valence-electron chi connectivity index (χ0n) is 12.9. The first-order valence-electron chi connectivity index (χ1n) is 7.19. The summed E-state index contributed by atoms with van der Waals surface area (Å²) in [6.07, 6.45) is 4.27. The fourth-order valence-corrected chi connectivity index (χ4v) is 3.32. The second-order valence-corrected chi connectivity index (χ2v) is 7.06. The molecule has 0 radical (unpaired) electrons. The number of pyridine rings is 1. The predicted octanol–water partition coefficient (Wildman–Crippen LogP) is 2.68. The first-order chi connectivity index (χ1) is 11.5. The molecule has 3 aromatic rings. The number of hydrogen-bond acceptors (Lipinski definition) is 4. The summed E-state index contributed by atoms with van der Waals surface area (Å²) in [4.78, 5) is 16.2. The molecule has 122 valence electrons. The first kappa shape index (κ1) is 15.9. The molecular weight excluding hydrogens is 326 g/mol. The average Bonchev–Trinajstić information content (AvgIpc) is 3.05. The van der Waals surface area contributed by atoms with E-state index in [1.165, 1.54) is 24.7 Å². The average molecular weight is 341 g/mol. The molecule has 0 aliphatic carbocycles. The summed E-state index contributed by atoms with van der Waals surface area (Å²) in [5.41, 5.74) is 1.61. The topological polar surface area (TPSA) is 81.1 Å². The normalized spacial score (nSPS) is 11.2. The van der Waals surface area contributed by atoms with Crippen LogP contribution in [0.2, 0.25) is 0 Å². The highest BCUT2D eigenvalue weighted by atomic mass is 32.2. The van der Waals surface area contributed by atoms with Crippen LogP contribution in [0.25, 0.3) is 0 Å². The number of rotatable bonds is 4. The van der Waals surface area contributed by atoms with Crippen LogP contribution in [0.15, 0.2) is 72.0 Å². The fraction of sp³-hybridized carbons (Fsp3) is 0.0588. The number of nitrogens with one attached hydrogen (secondary N) is 1. The third-order valence-electron chi connectivity index (χ3n) is 3.42. The summed E-state index contributed by atoms with van der Waals surface area (Å²) in [5, 5.41) is 2.62. The number of amides is 1.